The molecule has 0 N–H and O–H groups in total. The van der Waals surface area contributed by atoms with Crippen LogP contribution in [0.15, 0.2) is 18.2 Å². The molecular weight excluding hydrogens is 334 g/mol. The van der Waals surface area contributed by atoms with Crippen molar-refractivity contribution < 1.29 is 4.39 Å². The van der Waals surface area contributed by atoms with E-state index >= 15 is 0 Å². The summed E-state index contributed by atoms with van der Waals surface area (Å²) >= 11 is 12.4. The number of benzene rings is 1. The van der Waals surface area contributed by atoms with Crippen LogP contribution >= 0.6 is 23.2 Å². The lowest BCUT2D eigenvalue weighted by Crippen LogP contribution is -2.47. The number of halogens is 3. The number of hydrogen-bond donors (Lipinski definition) is 0. The van der Waals surface area contributed by atoms with Crippen molar-refractivity contribution in [3.05, 3.63) is 28.2 Å². The van der Waals surface area contributed by atoms with E-state index in [1.54, 1.807) is 0 Å². The van der Waals surface area contributed by atoms with E-state index in [4.69, 9.17) is 23.2 Å². The molecule has 1 saturated carbocycles. The van der Waals surface area contributed by atoms with Crippen molar-refractivity contribution in [2.24, 2.45) is 0 Å². The van der Waals surface area contributed by atoms with Crippen molar-refractivity contribution in [2.75, 3.05) is 37.6 Å². The molecule has 128 valence electrons. The van der Waals surface area contributed by atoms with Gasteiger partial charge in [-0.1, -0.05) is 48.5 Å². The second kappa shape index (κ2) is 7.58. The third-order valence-electron chi connectivity index (χ3n) is 5.27. The van der Waals surface area contributed by atoms with Gasteiger partial charge in [0, 0.05) is 32.7 Å². The fourth-order valence-corrected chi connectivity index (χ4v) is 4.16. The Morgan fingerprint density at radius 3 is 2.39 bits per heavy atom. The number of hydrogen-bond acceptors (Lipinski definition) is 2. The molecule has 0 amide bonds. The maximum Gasteiger partial charge on any atom is 0.112 e. The van der Waals surface area contributed by atoms with Crippen LogP contribution in [0.2, 0.25) is 10.0 Å². The highest BCUT2D eigenvalue weighted by atomic mass is 35.5. The summed E-state index contributed by atoms with van der Waals surface area (Å²) in [6, 6.07) is 5.77. The summed E-state index contributed by atoms with van der Waals surface area (Å²) in [6.07, 6.45) is 5.50. The number of nitrogens with zero attached hydrogens (tertiary/aromatic N) is 2. The lowest BCUT2D eigenvalue weighted by atomic mass is 9.84. The summed E-state index contributed by atoms with van der Waals surface area (Å²) in [5.41, 5.74) is 0.0964. The van der Waals surface area contributed by atoms with Crippen LogP contribution in [0.3, 0.4) is 0 Å². The molecule has 0 spiro atoms. The van der Waals surface area contributed by atoms with E-state index in [0.29, 0.717) is 16.5 Å². The van der Waals surface area contributed by atoms with Crippen molar-refractivity contribution in [3.63, 3.8) is 0 Å². The van der Waals surface area contributed by atoms with E-state index in [-0.39, 0.29) is 0 Å². The third kappa shape index (κ3) is 4.32. The van der Waals surface area contributed by atoms with Crippen LogP contribution in [-0.2, 0) is 0 Å². The summed E-state index contributed by atoms with van der Waals surface area (Å²) in [5.74, 6) is 0. The SMILES string of the molecule is FC1(CCN2CCN(c3cccc(Cl)c3Cl)CC2)CCCCC1. The van der Waals surface area contributed by atoms with Crippen molar-refractivity contribution >= 4 is 28.9 Å². The van der Waals surface area contributed by atoms with Gasteiger partial charge in [-0.2, -0.15) is 0 Å². The van der Waals surface area contributed by atoms with Gasteiger partial charge in [-0.05, 0) is 31.4 Å². The third-order valence-corrected chi connectivity index (χ3v) is 6.08. The Labute approximate surface area is 148 Å². The Bertz CT molecular complexity index is 524. The summed E-state index contributed by atoms with van der Waals surface area (Å²) in [7, 11) is 0. The van der Waals surface area contributed by atoms with E-state index in [1.165, 1.54) is 6.42 Å². The first-order valence-electron chi connectivity index (χ1n) is 8.68. The largest absolute Gasteiger partial charge is 0.368 e. The maximum absolute atomic E-state index is 14.7. The standard InChI is InChI=1S/C18H25Cl2FN2/c19-15-5-4-6-16(17(15)20)23-13-11-22(12-14-23)10-9-18(21)7-2-1-3-8-18/h4-6H,1-3,7-14H2. The second-order valence-electron chi connectivity index (χ2n) is 6.86. The van der Waals surface area contributed by atoms with Crippen LogP contribution in [0, 0.1) is 0 Å². The molecule has 0 bridgehead atoms. The highest BCUT2D eigenvalue weighted by Crippen LogP contribution is 2.35. The first-order chi connectivity index (χ1) is 11.1. The minimum absolute atomic E-state index is 0.600. The maximum atomic E-state index is 14.7. The highest BCUT2D eigenvalue weighted by Gasteiger charge is 2.32. The molecule has 2 nitrogen and oxygen atoms in total. The van der Waals surface area contributed by atoms with Crippen LogP contribution in [0.25, 0.3) is 0 Å². The fourth-order valence-electron chi connectivity index (χ4n) is 3.74. The number of rotatable bonds is 4. The first kappa shape index (κ1) is 17.3. The summed E-state index contributed by atoms with van der Waals surface area (Å²) < 4.78 is 14.7. The van der Waals surface area contributed by atoms with Crippen LogP contribution in [0.5, 0.6) is 0 Å². The summed E-state index contributed by atoms with van der Waals surface area (Å²) in [4.78, 5) is 4.65. The molecule has 0 atom stereocenters. The smallest absolute Gasteiger partial charge is 0.112 e. The van der Waals surface area contributed by atoms with E-state index in [1.807, 2.05) is 18.2 Å². The van der Waals surface area contributed by atoms with Crippen molar-refractivity contribution in [1.29, 1.82) is 0 Å². The van der Waals surface area contributed by atoms with Gasteiger partial charge in [0.2, 0.25) is 0 Å². The van der Waals surface area contributed by atoms with Gasteiger partial charge < -0.3 is 4.90 Å². The fraction of sp³-hybridized carbons (Fsp3) is 0.667. The van der Waals surface area contributed by atoms with E-state index in [9.17, 15) is 4.39 Å². The molecule has 0 radical (unpaired) electrons. The summed E-state index contributed by atoms with van der Waals surface area (Å²) in [5, 5.41) is 1.23. The van der Waals surface area contributed by atoms with Crippen molar-refractivity contribution in [3.8, 4) is 0 Å². The topological polar surface area (TPSA) is 6.48 Å². The zero-order chi connectivity index (χ0) is 16.3. The number of alkyl halides is 1. The van der Waals surface area contributed by atoms with E-state index in [0.717, 1.165) is 64.1 Å². The average molecular weight is 359 g/mol. The van der Waals surface area contributed by atoms with Crippen LogP contribution in [0.1, 0.15) is 38.5 Å². The molecule has 0 aromatic heterocycles. The Hall–Kier alpha value is -0.510. The van der Waals surface area contributed by atoms with Crippen molar-refractivity contribution in [2.45, 2.75) is 44.2 Å². The lowest BCUT2D eigenvalue weighted by Gasteiger charge is -2.38. The molecule has 1 aliphatic carbocycles. The second-order valence-corrected chi connectivity index (χ2v) is 7.65. The molecule has 23 heavy (non-hydrogen) atoms. The number of piperazine rings is 1. The molecule has 1 saturated heterocycles. The molecule has 1 aromatic rings. The van der Waals surface area contributed by atoms with Crippen molar-refractivity contribution in [1.82, 2.24) is 4.90 Å². The van der Waals surface area contributed by atoms with E-state index < -0.39 is 5.67 Å². The summed E-state index contributed by atoms with van der Waals surface area (Å²) in [6.45, 7) is 4.62. The number of anilines is 1. The average Bonchev–Trinajstić information content (AvgIpc) is 2.57. The molecule has 1 aromatic carbocycles. The van der Waals surface area contributed by atoms with Gasteiger partial charge in [0.15, 0.2) is 0 Å². The minimum atomic E-state index is -0.911. The molecule has 5 heteroatoms. The molecule has 2 fully saturated rings. The Kier molecular flexibility index (Phi) is 5.71. The van der Waals surface area contributed by atoms with Crippen LogP contribution < -0.4 is 4.90 Å². The van der Waals surface area contributed by atoms with E-state index in [2.05, 4.69) is 9.80 Å². The minimum Gasteiger partial charge on any atom is -0.368 e. The monoisotopic (exact) mass is 358 g/mol. The molecule has 0 unspecified atom stereocenters. The Morgan fingerprint density at radius 2 is 1.70 bits per heavy atom. The quantitative estimate of drug-likeness (QED) is 0.731. The predicted octanol–water partition coefficient (Wildman–Crippen LogP) is 5.18. The van der Waals surface area contributed by atoms with Gasteiger partial charge in [0.1, 0.15) is 5.67 Å². The van der Waals surface area contributed by atoms with Gasteiger partial charge in [0.05, 0.1) is 15.7 Å². The predicted molar refractivity (Wildman–Crippen MR) is 96.7 cm³/mol. The van der Waals surface area contributed by atoms with Gasteiger partial charge in [-0.3, -0.25) is 4.90 Å². The first-order valence-corrected chi connectivity index (χ1v) is 9.43. The van der Waals surface area contributed by atoms with Gasteiger partial charge in [-0.15, -0.1) is 0 Å². The molecule has 3 rings (SSSR count). The Balaban J connectivity index is 1.49. The molecule has 2 aliphatic rings. The molecule has 1 heterocycles. The Morgan fingerprint density at radius 1 is 1.00 bits per heavy atom. The highest BCUT2D eigenvalue weighted by molar-refractivity contribution is 6.43. The molecule has 1 aliphatic heterocycles. The van der Waals surface area contributed by atoms with Gasteiger partial charge >= 0.3 is 0 Å². The van der Waals surface area contributed by atoms with Crippen LogP contribution in [0.4, 0.5) is 10.1 Å². The lowest BCUT2D eigenvalue weighted by molar-refractivity contribution is 0.0786. The normalized spacial score (nSPS) is 22.3. The van der Waals surface area contributed by atoms with Crippen LogP contribution in [-0.4, -0.2) is 43.3 Å². The van der Waals surface area contributed by atoms with Gasteiger partial charge in [-0.25, -0.2) is 4.39 Å². The van der Waals surface area contributed by atoms with Gasteiger partial charge in [0.25, 0.3) is 0 Å². The molecular formula is C18H25Cl2FN2. The zero-order valence-electron chi connectivity index (χ0n) is 13.5. The zero-order valence-corrected chi connectivity index (χ0v) is 15.1.